The second kappa shape index (κ2) is 8.58. The summed E-state index contributed by atoms with van der Waals surface area (Å²) in [5.41, 5.74) is 0. The van der Waals surface area contributed by atoms with E-state index in [-0.39, 0.29) is 19.4 Å². The average molecular weight is 319 g/mol. The lowest BCUT2D eigenvalue weighted by Gasteiger charge is -2.12. The van der Waals surface area contributed by atoms with E-state index in [2.05, 4.69) is 5.32 Å². The van der Waals surface area contributed by atoms with Gasteiger partial charge < -0.3 is 15.5 Å². The molecule has 0 heterocycles. The number of aliphatic hydroxyl groups excluding tert-OH is 1. The van der Waals surface area contributed by atoms with E-state index in [1.165, 1.54) is 6.07 Å². The first-order valence-corrected chi connectivity index (χ1v) is 7.13. The molecule has 1 atom stereocenters. The van der Waals surface area contributed by atoms with E-state index in [0.29, 0.717) is 10.6 Å². The quantitative estimate of drug-likeness (QED) is 0.631. The van der Waals surface area contributed by atoms with Crippen molar-refractivity contribution in [2.75, 3.05) is 12.4 Å². The first-order chi connectivity index (χ1) is 9.93. The van der Waals surface area contributed by atoms with E-state index < -0.39 is 29.6 Å². The number of carboxylic acid groups (broad SMARTS) is 1. The number of rotatable bonds is 8. The molecule has 1 rings (SSSR count). The van der Waals surface area contributed by atoms with Crippen LogP contribution in [0.2, 0.25) is 0 Å². The predicted molar refractivity (Wildman–Crippen MR) is 73.0 cm³/mol. The van der Waals surface area contributed by atoms with Gasteiger partial charge in [-0.2, -0.15) is 0 Å². The Balaban J connectivity index is 2.39. The van der Waals surface area contributed by atoms with Crippen molar-refractivity contribution >= 4 is 23.6 Å². The van der Waals surface area contributed by atoms with Gasteiger partial charge in [-0.25, -0.2) is 13.6 Å². The summed E-state index contributed by atoms with van der Waals surface area (Å²) < 4.78 is 25.7. The molecule has 21 heavy (non-hydrogen) atoms. The van der Waals surface area contributed by atoms with E-state index in [1.54, 1.807) is 0 Å². The Bertz CT molecular complexity index is 513. The highest BCUT2D eigenvalue weighted by Crippen LogP contribution is 2.20. The molecule has 8 heteroatoms. The maximum atomic E-state index is 13.0. The first kappa shape index (κ1) is 17.4. The molecule has 0 saturated heterocycles. The zero-order chi connectivity index (χ0) is 15.8. The standard InChI is InChI=1S/C13H15F2NO4S/c14-9-2-1-8(7-10(9)15)21-6-4-12(18)16-11(3-5-17)13(19)20/h1-2,7,11,17H,3-6H2,(H,16,18)(H,19,20). The van der Waals surface area contributed by atoms with Gasteiger partial charge >= 0.3 is 5.97 Å². The molecule has 0 aliphatic heterocycles. The molecule has 0 radical (unpaired) electrons. The molecular weight excluding hydrogens is 304 g/mol. The number of hydrogen-bond donors (Lipinski definition) is 3. The van der Waals surface area contributed by atoms with E-state index in [0.717, 1.165) is 23.9 Å². The molecule has 0 aliphatic rings. The number of aliphatic carboxylic acids is 1. The van der Waals surface area contributed by atoms with Crippen molar-refractivity contribution in [2.45, 2.75) is 23.8 Å². The van der Waals surface area contributed by atoms with Crippen LogP contribution in [-0.2, 0) is 9.59 Å². The van der Waals surface area contributed by atoms with Gasteiger partial charge in [-0.15, -0.1) is 11.8 Å². The minimum absolute atomic E-state index is 0.0267. The normalized spacial score (nSPS) is 12.0. The van der Waals surface area contributed by atoms with Crippen LogP contribution in [0.15, 0.2) is 23.1 Å². The number of thioether (sulfide) groups is 1. The Kier molecular flexibility index (Phi) is 7.10. The van der Waals surface area contributed by atoms with Crippen molar-refractivity contribution in [3.05, 3.63) is 29.8 Å². The lowest BCUT2D eigenvalue weighted by atomic mass is 10.2. The average Bonchev–Trinajstić information content (AvgIpc) is 2.42. The highest BCUT2D eigenvalue weighted by atomic mass is 32.2. The first-order valence-electron chi connectivity index (χ1n) is 6.15. The van der Waals surface area contributed by atoms with Crippen LogP contribution in [0.3, 0.4) is 0 Å². The fourth-order valence-corrected chi connectivity index (χ4v) is 2.36. The number of hydrogen-bond acceptors (Lipinski definition) is 4. The molecule has 1 unspecified atom stereocenters. The molecule has 0 fully saturated rings. The second-order valence-corrected chi connectivity index (χ2v) is 5.31. The van der Waals surface area contributed by atoms with Crippen LogP contribution in [0, 0.1) is 11.6 Å². The van der Waals surface area contributed by atoms with Crippen LogP contribution < -0.4 is 5.32 Å². The van der Waals surface area contributed by atoms with Crippen LogP contribution in [0.5, 0.6) is 0 Å². The SMILES string of the molecule is O=C(CCSc1ccc(F)c(F)c1)NC(CCO)C(=O)O. The molecule has 1 amide bonds. The Morgan fingerprint density at radius 1 is 1.29 bits per heavy atom. The number of carboxylic acids is 1. The maximum Gasteiger partial charge on any atom is 0.326 e. The summed E-state index contributed by atoms with van der Waals surface area (Å²) in [6, 6.07) is 2.30. The highest BCUT2D eigenvalue weighted by Gasteiger charge is 2.18. The number of aliphatic hydroxyl groups is 1. The number of carbonyl (C=O) groups excluding carboxylic acids is 1. The lowest BCUT2D eigenvalue weighted by Crippen LogP contribution is -2.41. The van der Waals surface area contributed by atoms with E-state index in [9.17, 15) is 18.4 Å². The van der Waals surface area contributed by atoms with Crippen LogP contribution in [0.25, 0.3) is 0 Å². The van der Waals surface area contributed by atoms with Crippen LogP contribution in [0.4, 0.5) is 8.78 Å². The number of nitrogens with one attached hydrogen (secondary N) is 1. The van der Waals surface area contributed by atoms with Crippen molar-refractivity contribution in [3.8, 4) is 0 Å². The molecule has 5 nitrogen and oxygen atoms in total. The zero-order valence-corrected chi connectivity index (χ0v) is 11.8. The molecule has 116 valence electrons. The number of halogens is 2. The van der Waals surface area contributed by atoms with Crippen LogP contribution >= 0.6 is 11.8 Å². The number of benzene rings is 1. The molecule has 0 aromatic heterocycles. The topological polar surface area (TPSA) is 86.6 Å². The van der Waals surface area contributed by atoms with Gasteiger partial charge in [-0.1, -0.05) is 0 Å². The lowest BCUT2D eigenvalue weighted by molar-refractivity contribution is -0.142. The van der Waals surface area contributed by atoms with Gasteiger partial charge in [0.05, 0.1) is 0 Å². The van der Waals surface area contributed by atoms with Gasteiger partial charge in [0.2, 0.25) is 5.91 Å². The number of carbonyl (C=O) groups is 2. The predicted octanol–water partition coefficient (Wildman–Crippen LogP) is 1.40. The fourth-order valence-electron chi connectivity index (χ4n) is 1.48. The van der Waals surface area contributed by atoms with Crippen molar-refractivity contribution < 1.29 is 28.6 Å². The van der Waals surface area contributed by atoms with Crippen molar-refractivity contribution in [3.63, 3.8) is 0 Å². The maximum absolute atomic E-state index is 13.0. The van der Waals surface area contributed by atoms with E-state index >= 15 is 0 Å². The second-order valence-electron chi connectivity index (χ2n) is 4.14. The third kappa shape index (κ3) is 6.09. The summed E-state index contributed by atoms with van der Waals surface area (Å²) in [6.45, 7) is -0.346. The van der Waals surface area contributed by atoms with Gasteiger partial charge in [0.25, 0.3) is 0 Å². The molecule has 0 aliphatic carbocycles. The molecular formula is C13H15F2NO4S. The molecule has 3 N–H and O–H groups in total. The van der Waals surface area contributed by atoms with Crippen LogP contribution in [-0.4, -0.2) is 40.5 Å². The molecule has 0 bridgehead atoms. The van der Waals surface area contributed by atoms with Crippen molar-refractivity contribution in [2.24, 2.45) is 0 Å². The third-order valence-electron chi connectivity index (χ3n) is 2.54. The monoisotopic (exact) mass is 319 g/mol. The summed E-state index contributed by atoms with van der Waals surface area (Å²) in [5, 5.41) is 19.8. The van der Waals surface area contributed by atoms with Gasteiger partial charge in [-0.05, 0) is 18.2 Å². The van der Waals surface area contributed by atoms with Gasteiger partial charge in [0.15, 0.2) is 11.6 Å². The highest BCUT2D eigenvalue weighted by molar-refractivity contribution is 7.99. The number of amides is 1. The minimum Gasteiger partial charge on any atom is -0.480 e. The molecule has 0 spiro atoms. The Hall–Kier alpha value is -1.67. The third-order valence-corrected chi connectivity index (χ3v) is 3.54. The fraction of sp³-hybridized carbons (Fsp3) is 0.385. The minimum atomic E-state index is -1.22. The largest absolute Gasteiger partial charge is 0.480 e. The van der Waals surface area contributed by atoms with E-state index in [1.807, 2.05) is 0 Å². The summed E-state index contributed by atoms with van der Waals surface area (Å²) in [6.07, 6.45) is -0.0454. The van der Waals surface area contributed by atoms with Gasteiger partial charge in [0, 0.05) is 30.1 Å². The van der Waals surface area contributed by atoms with E-state index in [4.69, 9.17) is 10.2 Å². The zero-order valence-electron chi connectivity index (χ0n) is 11.0. The van der Waals surface area contributed by atoms with Crippen LogP contribution in [0.1, 0.15) is 12.8 Å². The summed E-state index contributed by atoms with van der Waals surface area (Å²) >= 11 is 1.16. The smallest absolute Gasteiger partial charge is 0.326 e. The van der Waals surface area contributed by atoms with Gasteiger partial charge in [-0.3, -0.25) is 4.79 Å². The Morgan fingerprint density at radius 2 is 2.00 bits per heavy atom. The molecule has 0 saturated carbocycles. The molecule has 1 aromatic rings. The summed E-state index contributed by atoms with van der Waals surface area (Å²) in [7, 11) is 0. The Labute approximate surface area is 124 Å². The summed E-state index contributed by atoms with van der Waals surface area (Å²) in [4.78, 5) is 22.8. The summed E-state index contributed by atoms with van der Waals surface area (Å²) in [5.74, 6) is -3.30. The van der Waals surface area contributed by atoms with Crippen molar-refractivity contribution in [1.82, 2.24) is 5.32 Å². The van der Waals surface area contributed by atoms with Gasteiger partial charge in [0.1, 0.15) is 6.04 Å². The molecule has 1 aromatic carbocycles. The van der Waals surface area contributed by atoms with Crippen molar-refractivity contribution in [1.29, 1.82) is 0 Å². The Morgan fingerprint density at radius 3 is 2.57 bits per heavy atom.